The largest absolute Gasteiger partial charge is 0.494 e. The van der Waals surface area contributed by atoms with Crippen LogP contribution in [0.3, 0.4) is 0 Å². The first kappa shape index (κ1) is 11.5. The Morgan fingerprint density at radius 1 is 1.67 bits per heavy atom. The minimum Gasteiger partial charge on any atom is -0.494 e. The second-order valence-corrected chi connectivity index (χ2v) is 3.02. The van der Waals surface area contributed by atoms with Crippen molar-refractivity contribution in [3.8, 4) is 5.75 Å². The van der Waals surface area contributed by atoms with Crippen LogP contribution in [-0.2, 0) is 4.79 Å². The molecule has 0 amide bonds. The third kappa shape index (κ3) is 2.44. The van der Waals surface area contributed by atoms with E-state index in [1.807, 2.05) is 0 Å². The fourth-order valence-corrected chi connectivity index (χ4v) is 1.28. The SMILES string of the molecule is COc1ccc(C(CN)C(=O)O)cc1F. The Hall–Kier alpha value is -1.62. The molecule has 0 heterocycles. The highest BCUT2D eigenvalue weighted by atomic mass is 19.1. The van der Waals surface area contributed by atoms with Crippen LogP contribution in [0.2, 0.25) is 0 Å². The number of aliphatic carboxylic acids is 1. The number of carbonyl (C=O) groups is 1. The van der Waals surface area contributed by atoms with Gasteiger partial charge in [-0.1, -0.05) is 6.07 Å². The Labute approximate surface area is 86.5 Å². The lowest BCUT2D eigenvalue weighted by atomic mass is 9.99. The predicted octanol–water partition coefficient (Wildman–Crippen LogP) is 0.961. The van der Waals surface area contributed by atoms with E-state index in [1.54, 1.807) is 0 Å². The number of rotatable bonds is 4. The molecule has 1 unspecified atom stereocenters. The second kappa shape index (κ2) is 4.75. The van der Waals surface area contributed by atoms with Crippen LogP contribution in [0.25, 0.3) is 0 Å². The molecule has 1 rings (SSSR count). The Bertz CT molecular complexity index is 368. The first-order valence-corrected chi connectivity index (χ1v) is 4.36. The highest BCUT2D eigenvalue weighted by Crippen LogP contribution is 2.22. The minimum absolute atomic E-state index is 0.0684. The van der Waals surface area contributed by atoms with E-state index in [4.69, 9.17) is 15.6 Å². The number of hydrogen-bond donors (Lipinski definition) is 2. The van der Waals surface area contributed by atoms with Crippen molar-refractivity contribution in [3.63, 3.8) is 0 Å². The van der Waals surface area contributed by atoms with E-state index in [0.29, 0.717) is 5.56 Å². The molecule has 3 N–H and O–H groups in total. The monoisotopic (exact) mass is 213 g/mol. The van der Waals surface area contributed by atoms with Crippen LogP contribution in [0.1, 0.15) is 11.5 Å². The van der Waals surface area contributed by atoms with Gasteiger partial charge in [0.05, 0.1) is 13.0 Å². The first-order chi connectivity index (χ1) is 7.10. The average molecular weight is 213 g/mol. The van der Waals surface area contributed by atoms with Gasteiger partial charge < -0.3 is 15.6 Å². The standard InChI is InChI=1S/C10H12FNO3/c1-15-9-3-2-6(4-8(9)11)7(5-12)10(13)14/h2-4,7H,5,12H2,1H3,(H,13,14). The van der Waals surface area contributed by atoms with E-state index in [0.717, 1.165) is 6.07 Å². The van der Waals surface area contributed by atoms with Crippen molar-refractivity contribution in [1.29, 1.82) is 0 Å². The van der Waals surface area contributed by atoms with Gasteiger partial charge in [-0.3, -0.25) is 4.79 Å². The zero-order valence-corrected chi connectivity index (χ0v) is 8.24. The summed E-state index contributed by atoms with van der Waals surface area (Å²) in [6.07, 6.45) is 0. The van der Waals surface area contributed by atoms with Gasteiger partial charge in [0.15, 0.2) is 11.6 Å². The fraction of sp³-hybridized carbons (Fsp3) is 0.300. The summed E-state index contributed by atoms with van der Waals surface area (Å²) < 4.78 is 18.0. The Balaban J connectivity index is 3.05. The third-order valence-electron chi connectivity index (χ3n) is 2.11. The third-order valence-corrected chi connectivity index (χ3v) is 2.11. The molecular formula is C10H12FNO3. The molecular weight excluding hydrogens is 201 g/mol. The Morgan fingerprint density at radius 3 is 2.73 bits per heavy atom. The smallest absolute Gasteiger partial charge is 0.312 e. The number of ether oxygens (including phenoxy) is 1. The van der Waals surface area contributed by atoms with Crippen molar-refractivity contribution in [2.24, 2.45) is 5.73 Å². The van der Waals surface area contributed by atoms with Crippen LogP contribution in [0.15, 0.2) is 18.2 Å². The molecule has 0 aliphatic rings. The molecule has 4 nitrogen and oxygen atoms in total. The van der Waals surface area contributed by atoms with Crippen LogP contribution in [0, 0.1) is 5.82 Å². The van der Waals surface area contributed by atoms with Gasteiger partial charge in [0.1, 0.15) is 0 Å². The quantitative estimate of drug-likeness (QED) is 0.781. The lowest BCUT2D eigenvalue weighted by molar-refractivity contribution is -0.138. The normalized spacial score (nSPS) is 12.2. The molecule has 0 fully saturated rings. The summed E-state index contributed by atoms with van der Waals surface area (Å²) in [5, 5.41) is 8.81. The summed E-state index contributed by atoms with van der Waals surface area (Å²) in [6, 6.07) is 4.01. The molecule has 0 bridgehead atoms. The zero-order chi connectivity index (χ0) is 11.4. The van der Waals surface area contributed by atoms with Gasteiger partial charge in [-0.2, -0.15) is 0 Å². The highest BCUT2D eigenvalue weighted by Gasteiger charge is 2.19. The summed E-state index contributed by atoms with van der Waals surface area (Å²) >= 11 is 0. The molecule has 0 radical (unpaired) electrons. The van der Waals surface area contributed by atoms with E-state index in [1.165, 1.54) is 19.2 Å². The number of carboxylic acid groups (broad SMARTS) is 1. The maximum atomic E-state index is 13.3. The molecule has 1 aromatic rings. The lowest BCUT2D eigenvalue weighted by Gasteiger charge is -2.11. The van der Waals surface area contributed by atoms with Gasteiger partial charge in [-0.25, -0.2) is 4.39 Å². The maximum absolute atomic E-state index is 13.3. The van der Waals surface area contributed by atoms with Gasteiger partial charge in [-0.15, -0.1) is 0 Å². The summed E-state index contributed by atoms with van der Waals surface area (Å²) in [6.45, 7) is -0.0684. The van der Waals surface area contributed by atoms with Crippen LogP contribution < -0.4 is 10.5 Å². The molecule has 82 valence electrons. The van der Waals surface area contributed by atoms with E-state index in [-0.39, 0.29) is 12.3 Å². The van der Waals surface area contributed by atoms with Crippen LogP contribution in [-0.4, -0.2) is 24.7 Å². The maximum Gasteiger partial charge on any atom is 0.312 e. The molecule has 0 saturated heterocycles. The molecule has 0 saturated carbocycles. The van der Waals surface area contributed by atoms with Crippen molar-refractivity contribution in [2.75, 3.05) is 13.7 Å². The molecule has 5 heteroatoms. The van der Waals surface area contributed by atoms with Crippen molar-refractivity contribution < 1.29 is 19.0 Å². The predicted molar refractivity (Wildman–Crippen MR) is 52.4 cm³/mol. The molecule has 0 aromatic heterocycles. The summed E-state index contributed by atoms with van der Waals surface area (Å²) in [4.78, 5) is 10.8. The van der Waals surface area contributed by atoms with Crippen LogP contribution in [0.5, 0.6) is 5.75 Å². The summed E-state index contributed by atoms with van der Waals surface area (Å²) in [5.41, 5.74) is 5.63. The molecule has 1 aromatic carbocycles. The van der Waals surface area contributed by atoms with Crippen molar-refractivity contribution >= 4 is 5.97 Å². The summed E-state index contributed by atoms with van der Waals surface area (Å²) in [7, 11) is 1.34. The van der Waals surface area contributed by atoms with Gasteiger partial charge in [0, 0.05) is 6.54 Å². The van der Waals surface area contributed by atoms with Crippen LogP contribution >= 0.6 is 0 Å². The topological polar surface area (TPSA) is 72.5 Å². The van der Waals surface area contributed by atoms with E-state index in [9.17, 15) is 9.18 Å². The number of methoxy groups -OCH3 is 1. The Kier molecular flexibility index (Phi) is 3.62. The van der Waals surface area contributed by atoms with Gasteiger partial charge in [0.25, 0.3) is 0 Å². The number of hydrogen-bond acceptors (Lipinski definition) is 3. The van der Waals surface area contributed by atoms with Gasteiger partial charge in [0.2, 0.25) is 0 Å². The van der Waals surface area contributed by atoms with E-state index >= 15 is 0 Å². The van der Waals surface area contributed by atoms with Crippen molar-refractivity contribution in [3.05, 3.63) is 29.6 Å². The van der Waals surface area contributed by atoms with Crippen molar-refractivity contribution in [2.45, 2.75) is 5.92 Å². The highest BCUT2D eigenvalue weighted by molar-refractivity contribution is 5.76. The van der Waals surface area contributed by atoms with E-state index in [2.05, 4.69) is 0 Å². The van der Waals surface area contributed by atoms with E-state index < -0.39 is 17.7 Å². The van der Waals surface area contributed by atoms with Crippen molar-refractivity contribution in [1.82, 2.24) is 0 Å². The fourth-order valence-electron chi connectivity index (χ4n) is 1.28. The molecule has 0 aliphatic carbocycles. The molecule has 15 heavy (non-hydrogen) atoms. The Morgan fingerprint density at radius 2 is 2.33 bits per heavy atom. The molecule has 1 atom stereocenters. The average Bonchev–Trinajstić information content (AvgIpc) is 2.18. The van der Waals surface area contributed by atoms with Gasteiger partial charge >= 0.3 is 5.97 Å². The minimum atomic E-state index is -1.07. The molecule has 0 spiro atoms. The number of halogens is 1. The second-order valence-electron chi connectivity index (χ2n) is 3.02. The van der Waals surface area contributed by atoms with Crippen LogP contribution in [0.4, 0.5) is 4.39 Å². The number of nitrogens with two attached hydrogens (primary N) is 1. The lowest BCUT2D eigenvalue weighted by Crippen LogP contribution is -2.21. The molecule has 0 aliphatic heterocycles. The number of benzene rings is 1. The number of carboxylic acids is 1. The zero-order valence-electron chi connectivity index (χ0n) is 8.24. The summed E-state index contributed by atoms with van der Waals surface area (Å²) in [5.74, 6) is -2.46. The first-order valence-electron chi connectivity index (χ1n) is 4.36. The van der Waals surface area contributed by atoms with Gasteiger partial charge in [-0.05, 0) is 17.7 Å².